The minimum atomic E-state index is -0.00737. The van der Waals surface area contributed by atoms with Gasteiger partial charge in [-0.15, -0.1) is 0 Å². The van der Waals surface area contributed by atoms with Crippen molar-refractivity contribution in [2.24, 2.45) is 5.41 Å². The zero-order chi connectivity index (χ0) is 17.9. The first-order chi connectivity index (χ1) is 12.1. The van der Waals surface area contributed by atoms with Crippen molar-refractivity contribution in [3.63, 3.8) is 0 Å². The van der Waals surface area contributed by atoms with Gasteiger partial charge < -0.3 is 14.5 Å². The topological polar surface area (TPSA) is 62.7 Å². The van der Waals surface area contributed by atoms with E-state index in [1.807, 2.05) is 28.9 Å². The molecular formula is C19H27N3O3. The lowest BCUT2D eigenvalue weighted by molar-refractivity contribution is -0.138. The molecule has 2 aliphatic rings. The number of nitrogens with zero attached hydrogens (tertiary/aromatic N) is 3. The van der Waals surface area contributed by atoms with Crippen LogP contribution in [-0.2, 0) is 16.1 Å². The predicted molar refractivity (Wildman–Crippen MR) is 94.0 cm³/mol. The van der Waals surface area contributed by atoms with Gasteiger partial charge in [0.15, 0.2) is 0 Å². The van der Waals surface area contributed by atoms with Gasteiger partial charge in [-0.1, -0.05) is 6.07 Å². The number of amides is 2. The number of likely N-dealkylation sites (tertiary alicyclic amines) is 2. The second-order valence-corrected chi connectivity index (χ2v) is 7.15. The Bertz CT molecular complexity index is 639. The van der Waals surface area contributed by atoms with Gasteiger partial charge in [-0.25, -0.2) is 4.98 Å². The number of rotatable bonds is 4. The summed E-state index contributed by atoms with van der Waals surface area (Å²) in [5.41, 5.74) is 1.44. The first-order valence-corrected chi connectivity index (χ1v) is 9.09. The van der Waals surface area contributed by atoms with Crippen LogP contribution in [0.2, 0.25) is 0 Å². The molecule has 0 atom stereocenters. The summed E-state index contributed by atoms with van der Waals surface area (Å²) < 4.78 is 5.09. The van der Waals surface area contributed by atoms with Crippen LogP contribution >= 0.6 is 0 Å². The van der Waals surface area contributed by atoms with Crippen molar-refractivity contribution < 1.29 is 14.3 Å². The Kier molecular flexibility index (Phi) is 5.37. The van der Waals surface area contributed by atoms with Crippen LogP contribution in [0.3, 0.4) is 0 Å². The Morgan fingerprint density at radius 2 is 2.04 bits per heavy atom. The molecule has 6 nitrogen and oxygen atoms in total. The van der Waals surface area contributed by atoms with Gasteiger partial charge >= 0.3 is 0 Å². The van der Waals surface area contributed by atoms with Gasteiger partial charge in [0.25, 0.3) is 5.91 Å². The fraction of sp³-hybridized carbons (Fsp3) is 0.632. The van der Waals surface area contributed by atoms with E-state index in [1.54, 1.807) is 13.2 Å². The minimum absolute atomic E-state index is 0.00737. The summed E-state index contributed by atoms with van der Waals surface area (Å²) in [6, 6.07) is 5.49. The molecule has 0 aliphatic carbocycles. The Labute approximate surface area is 149 Å². The molecule has 0 radical (unpaired) electrons. The number of hydrogen-bond donors (Lipinski definition) is 0. The highest BCUT2D eigenvalue weighted by atomic mass is 16.5. The molecule has 6 heteroatoms. The zero-order valence-corrected chi connectivity index (χ0v) is 15.2. The van der Waals surface area contributed by atoms with E-state index in [2.05, 4.69) is 4.98 Å². The molecule has 0 saturated carbocycles. The molecule has 2 fully saturated rings. The zero-order valence-electron chi connectivity index (χ0n) is 15.2. The fourth-order valence-electron chi connectivity index (χ4n) is 3.97. The van der Waals surface area contributed by atoms with Gasteiger partial charge in [0, 0.05) is 39.7 Å². The Hall–Kier alpha value is -1.95. The van der Waals surface area contributed by atoms with Crippen LogP contribution in [0.15, 0.2) is 18.2 Å². The Balaban J connectivity index is 1.63. The lowest BCUT2D eigenvalue weighted by Crippen LogP contribution is -2.52. The van der Waals surface area contributed by atoms with E-state index in [0.29, 0.717) is 18.7 Å². The summed E-state index contributed by atoms with van der Waals surface area (Å²) in [4.78, 5) is 33.0. The standard InChI is InChI=1S/C19H27N3O3/c1-3-21-14-19(8-7-17(21)23)9-11-22(12-10-19)18(24)16-6-4-5-15(20-16)13-25-2/h4-6H,3,7-14H2,1-2H3. The second-order valence-electron chi connectivity index (χ2n) is 7.15. The third kappa shape index (κ3) is 3.84. The van der Waals surface area contributed by atoms with Crippen molar-refractivity contribution in [1.82, 2.24) is 14.8 Å². The van der Waals surface area contributed by atoms with Crippen LogP contribution in [0.4, 0.5) is 0 Å². The summed E-state index contributed by atoms with van der Waals surface area (Å²) in [7, 11) is 1.62. The summed E-state index contributed by atoms with van der Waals surface area (Å²) in [6.07, 6.45) is 3.51. The number of carbonyl (C=O) groups is 2. The Morgan fingerprint density at radius 3 is 2.72 bits per heavy atom. The van der Waals surface area contributed by atoms with E-state index in [1.165, 1.54) is 0 Å². The molecule has 0 unspecified atom stereocenters. The van der Waals surface area contributed by atoms with Crippen LogP contribution < -0.4 is 0 Å². The van der Waals surface area contributed by atoms with Gasteiger partial charge in [0.1, 0.15) is 5.69 Å². The number of hydrogen-bond acceptors (Lipinski definition) is 4. The second kappa shape index (κ2) is 7.52. The predicted octanol–water partition coefficient (Wildman–Crippen LogP) is 2.09. The highest BCUT2D eigenvalue weighted by Crippen LogP contribution is 2.40. The SMILES string of the molecule is CCN1CC2(CCC1=O)CCN(C(=O)c1cccc(COC)n1)CC2. The van der Waals surface area contributed by atoms with Crippen LogP contribution in [0.25, 0.3) is 0 Å². The molecule has 3 rings (SSSR count). The number of carbonyl (C=O) groups excluding carboxylic acids is 2. The number of pyridine rings is 1. The Morgan fingerprint density at radius 1 is 1.28 bits per heavy atom. The van der Waals surface area contributed by atoms with Gasteiger partial charge in [0.2, 0.25) is 5.91 Å². The number of ether oxygens (including phenoxy) is 1. The highest BCUT2D eigenvalue weighted by molar-refractivity contribution is 5.92. The number of aromatic nitrogens is 1. The summed E-state index contributed by atoms with van der Waals surface area (Å²) >= 11 is 0. The van der Waals surface area contributed by atoms with Crippen molar-refractivity contribution in [2.75, 3.05) is 33.3 Å². The number of piperidine rings is 2. The van der Waals surface area contributed by atoms with Crippen LogP contribution in [0.5, 0.6) is 0 Å². The molecular weight excluding hydrogens is 318 g/mol. The third-order valence-electron chi connectivity index (χ3n) is 5.56. The molecule has 1 aromatic heterocycles. The van der Waals surface area contributed by atoms with Gasteiger partial charge in [0.05, 0.1) is 12.3 Å². The molecule has 0 bridgehead atoms. The lowest BCUT2D eigenvalue weighted by Gasteiger charge is -2.47. The average Bonchev–Trinajstić information content (AvgIpc) is 2.64. The molecule has 2 amide bonds. The molecule has 2 aliphatic heterocycles. The molecule has 1 spiro atoms. The van der Waals surface area contributed by atoms with E-state index in [4.69, 9.17) is 4.74 Å². The maximum atomic E-state index is 12.8. The van der Waals surface area contributed by atoms with E-state index in [-0.39, 0.29) is 17.2 Å². The first kappa shape index (κ1) is 17.9. The molecule has 3 heterocycles. The average molecular weight is 345 g/mol. The van der Waals surface area contributed by atoms with Gasteiger partial charge in [-0.3, -0.25) is 9.59 Å². The molecule has 0 N–H and O–H groups in total. The van der Waals surface area contributed by atoms with Crippen molar-refractivity contribution in [1.29, 1.82) is 0 Å². The van der Waals surface area contributed by atoms with Crippen LogP contribution in [-0.4, -0.2) is 59.9 Å². The maximum Gasteiger partial charge on any atom is 0.272 e. The summed E-state index contributed by atoms with van der Waals surface area (Å²) in [6.45, 7) is 5.53. The minimum Gasteiger partial charge on any atom is -0.378 e. The molecule has 25 heavy (non-hydrogen) atoms. The molecule has 0 aromatic carbocycles. The number of methoxy groups -OCH3 is 1. The normalized spacial score (nSPS) is 20.2. The van der Waals surface area contributed by atoms with Crippen molar-refractivity contribution in [2.45, 2.75) is 39.2 Å². The molecule has 1 aromatic rings. The quantitative estimate of drug-likeness (QED) is 0.838. The third-order valence-corrected chi connectivity index (χ3v) is 5.56. The smallest absolute Gasteiger partial charge is 0.272 e. The largest absolute Gasteiger partial charge is 0.378 e. The monoisotopic (exact) mass is 345 g/mol. The summed E-state index contributed by atoms with van der Waals surface area (Å²) in [5.74, 6) is 0.262. The lowest BCUT2D eigenvalue weighted by atomic mass is 9.72. The van der Waals surface area contributed by atoms with Gasteiger partial charge in [-0.05, 0) is 43.7 Å². The summed E-state index contributed by atoms with van der Waals surface area (Å²) in [5, 5.41) is 0. The molecule has 136 valence electrons. The van der Waals surface area contributed by atoms with Crippen LogP contribution in [0.1, 0.15) is 48.8 Å². The van der Waals surface area contributed by atoms with E-state index < -0.39 is 0 Å². The van der Waals surface area contributed by atoms with E-state index in [0.717, 1.165) is 51.1 Å². The van der Waals surface area contributed by atoms with Crippen molar-refractivity contribution in [3.8, 4) is 0 Å². The fourth-order valence-corrected chi connectivity index (χ4v) is 3.97. The van der Waals surface area contributed by atoms with Crippen molar-refractivity contribution >= 4 is 11.8 Å². The van der Waals surface area contributed by atoms with Crippen molar-refractivity contribution in [3.05, 3.63) is 29.6 Å². The highest BCUT2D eigenvalue weighted by Gasteiger charge is 2.41. The van der Waals surface area contributed by atoms with Gasteiger partial charge in [-0.2, -0.15) is 0 Å². The van der Waals surface area contributed by atoms with Crippen LogP contribution in [0, 0.1) is 5.41 Å². The molecule has 2 saturated heterocycles. The van der Waals surface area contributed by atoms with E-state index >= 15 is 0 Å². The maximum absolute atomic E-state index is 12.8. The van der Waals surface area contributed by atoms with E-state index in [9.17, 15) is 9.59 Å². The first-order valence-electron chi connectivity index (χ1n) is 9.09.